The Labute approximate surface area is 168 Å². The minimum atomic E-state index is -3.58. The number of carbonyl (C=O) groups excluding carboxylic acids is 1. The molecule has 1 amide bonds. The summed E-state index contributed by atoms with van der Waals surface area (Å²) in [5.41, 5.74) is 6.23. The van der Waals surface area contributed by atoms with Crippen LogP contribution >= 0.6 is 0 Å². The summed E-state index contributed by atoms with van der Waals surface area (Å²) in [5, 5.41) is 3.07. The van der Waals surface area contributed by atoms with E-state index in [0.717, 1.165) is 44.9 Å². The van der Waals surface area contributed by atoms with Crippen molar-refractivity contribution < 1.29 is 13.2 Å². The third kappa shape index (κ3) is 5.26. The number of anilines is 1. The maximum Gasteiger partial charge on any atom is 0.243 e. The molecule has 1 unspecified atom stereocenters. The average molecular weight is 408 g/mol. The third-order valence-electron chi connectivity index (χ3n) is 6.05. The Morgan fingerprint density at radius 1 is 0.964 bits per heavy atom. The van der Waals surface area contributed by atoms with Crippen molar-refractivity contribution >= 4 is 21.6 Å². The molecule has 1 saturated carbocycles. The zero-order valence-corrected chi connectivity index (χ0v) is 17.4. The Morgan fingerprint density at radius 3 is 2.25 bits per heavy atom. The number of hydrogen-bond donors (Lipinski definition) is 2. The Kier molecular flexibility index (Phi) is 7.35. The Hall–Kier alpha value is -1.60. The molecule has 0 bridgehead atoms. The van der Waals surface area contributed by atoms with Crippen LogP contribution in [0.15, 0.2) is 29.2 Å². The minimum Gasteiger partial charge on any atom is -0.399 e. The van der Waals surface area contributed by atoms with Crippen LogP contribution in [0.2, 0.25) is 0 Å². The number of hydrogen-bond acceptors (Lipinski definition) is 4. The first-order valence-corrected chi connectivity index (χ1v) is 12.1. The van der Waals surface area contributed by atoms with Gasteiger partial charge in [0.15, 0.2) is 0 Å². The lowest BCUT2D eigenvalue weighted by Gasteiger charge is -2.35. The van der Waals surface area contributed by atoms with Crippen molar-refractivity contribution in [3.8, 4) is 0 Å². The molecule has 1 atom stereocenters. The van der Waals surface area contributed by atoms with Crippen LogP contribution in [0.1, 0.15) is 64.2 Å². The summed E-state index contributed by atoms with van der Waals surface area (Å²) < 4.78 is 27.8. The number of nitrogen functional groups attached to an aromatic ring is 1. The fourth-order valence-corrected chi connectivity index (χ4v) is 6.04. The molecule has 0 radical (unpaired) electrons. The molecule has 1 aliphatic carbocycles. The van der Waals surface area contributed by atoms with Crippen LogP contribution in [0.5, 0.6) is 0 Å². The van der Waals surface area contributed by atoms with Crippen molar-refractivity contribution in [1.82, 2.24) is 9.62 Å². The highest BCUT2D eigenvalue weighted by molar-refractivity contribution is 7.89. The van der Waals surface area contributed by atoms with Gasteiger partial charge >= 0.3 is 0 Å². The average Bonchev–Trinajstić information content (AvgIpc) is 2.66. The van der Waals surface area contributed by atoms with E-state index in [0.29, 0.717) is 18.8 Å². The summed E-state index contributed by atoms with van der Waals surface area (Å²) in [7, 11) is -3.58. The second-order valence-electron chi connectivity index (χ2n) is 8.12. The highest BCUT2D eigenvalue weighted by atomic mass is 32.2. The molecular weight excluding hydrogens is 374 g/mol. The fourth-order valence-electron chi connectivity index (χ4n) is 4.35. The van der Waals surface area contributed by atoms with Crippen LogP contribution in [0.3, 0.4) is 0 Å². The number of benzene rings is 1. The van der Waals surface area contributed by atoms with Gasteiger partial charge in [-0.3, -0.25) is 4.79 Å². The summed E-state index contributed by atoms with van der Waals surface area (Å²) in [5.74, 6) is 0.170. The predicted molar refractivity (Wildman–Crippen MR) is 111 cm³/mol. The molecule has 0 aromatic heterocycles. The van der Waals surface area contributed by atoms with Crippen molar-refractivity contribution in [2.24, 2.45) is 5.92 Å². The number of carbonyl (C=O) groups is 1. The molecule has 1 aromatic carbocycles. The van der Waals surface area contributed by atoms with Crippen molar-refractivity contribution in [2.45, 2.75) is 75.1 Å². The standard InChI is InChI=1S/C21H33N3O3S/c22-18-11-13-20(14-12-18)28(26,27)24-15-7-6-10-19(24)16-23-21(25)17-8-4-2-1-3-5-9-17/h11-14,17,19H,1-10,15-16,22H2,(H,23,25). The lowest BCUT2D eigenvalue weighted by Crippen LogP contribution is -2.50. The zero-order chi connectivity index (χ0) is 20.0. The highest BCUT2D eigenvalue weighted by Gasteiger charge is 2.34. The van der Waals surface area contributed by atoms with E-state index in [1.54, 1.807) is 28.6 Å². The summed E-state index contributed by atoms with van der Waals surface area (Å²) in [4.78, 5) is 12.9. The van der Waals surface area contributed by atoms with Gasteiger partial charge in [0.1, 0.15) is 0 Å². The number of nitrogens with two attached hydrogens (primary N) is 1. The van der Waals surface area contributed by atoms with Gasteiger partial charge in [-0.05, 0) is 49.9 Å². The number of nitrogens with one attached hydrogen (secondary N) is 1. The second kappa shape index (κ2) is 9.74. The van der Waals surface area contributed by atoms with E-state index in [2.05, 4.69) is 5.32 Å². The Bertz CT molecular complexity index is 741. The molecule has 156 valence electrons. The molecule has 3 N–H and O–H groups in total. The van der Waals surface area contributed by atoms with Gasteiger partial charge in [0.2, 0.25) is 15.9 Å². The molecule has 2 fully saturated rings. The van der Waals surface area contributed by atoms with E-state index in [4.69, 9.17) is 5.73 Å². The molecule has 3 rings (SSSR count). The smallest absolute Gasteiger partial charge is 0.243 e. The first-order valence-electron chi connectivity index (χ1n) is 10.6. The lowest BCUT2D eigenvalue weighted by molar-refractivity contribution is -0.125. The van der Waals surface area contributed by atoms with Crippen LogP contribution in [0.4, 0.5) is 5.69 Å². The molecular formula is C21H33N3O3S. The Balaban J connectivity index is 1.64. The summed E-state index contributed by atoms with van der Waals surface area (Å²) >= 11 is 0. The van der Waals surface area contributed by atoms with E-state index in [9.17, 15) is 13.2 Å². The third-order valence-corrected chi connectivity index (χ3v) is 8.01. The maximum atomic E-state index is 13.1. The van der Waals surface area contributed by atoms with Crippen LogP contribution in [0, 0.1) is 5.92 Å². The molecule has 0 spiro atoms. The van der Waals surface area contributed by atoms with Crippen LogP contribution < -0.4 is 11.1 Å². The largest absolute Gasteiger partial charge is 0.399 e. The van der Waals surface area contributed by atoms with Gasteiger partial charge in [0.25, 0.3) is 0 Å². The number of piperidine rings is 1. The van der Waals surface area contributed by atoms with Gasteiger partial charge < -0.3 is 11.1 Å². The monoisotopic (exact) mass is 407 g/mol. The molecule has 1 heterocycles. The molecule has 2 aliphatic rings. The van der Waals surface area contributed by atoms with Gasteiger partial charge in [-0.25, -0.2) is 8.42 Å². The fraction of sp³-hybridized carbons (Fsp3) is 0.667. The normalized spacial score (nSPS) is 22.9. The predicted octanol–water partition coefficient (Wildman–Crippen LogP) is 3.29. The van der Waals surface area contributed by atoms with E-state index in [-0.39, 0.29) is 22.8 Å². The summed E-state index contributed by atoms with van der Waals surface area (Å²) in [6.45, 7) is 0.889. The van der Waals surface area contributed by atoms with Crippen molar-refractivity contribution in [2.75, 3.05) is 18.8 Å². The second-order valence-corrected chi connectivity index (χ2v) is 10.0. The van der Waals surface area contributed by atoms with Crippen LogP contribution in [0.25, 0.3) is 0 Å². The SMILES string of the molecule is Nc1ccc(S(=O)(=O)N2CCCCC2CNC(=O)C2CCCCCCC2)cc1. The maximum absolute atomic E-state index is 13.1. The van der Waals surface area contributed by atoms with Crippen molar-refractivity contribution in [3.05, 3.63) is 24.3 Å². The number of rotatable bonds is 5. The molecule has 28 heavy (non-hydrogen) atoms. The van der Waals surface area contributed by atoms with E-state index < -0.39 is 10.0 Å². The lowest BCUT2D eigenvalue weighted by atomic mass is 9.90. The zero-order valence-electron chi connectivity index (χ0n) is 16.6. The van der Waals surface area contributed by atoms with Gasteiger partial charge in [-0.2, -0.15) is 4.31 Å². The van der Waals surface area contributed by atoms with Crippen molar-refractivity contribution in [3.63, 3.8) is 0 Å². The molecule has 7 heteroatoms. The van der Waals surface area contributed by atoms with Gasteiger partial charge in [-0.1, -0.05) is 38.5 Å². The van der Waals surface area contributed by atoms with Gasteiger partial charge in [0.05, 0.1) is 4.90 Å². The molecule has 1 saturated heterocycles. The van der Waals surface area contributed by atoms with Gasteiger partial charge in [-0.15, -0.1) is 0 Å². The van der Waals surface area contributed by atoms with E-state index >= 15 is 0 Å². The quantitative estimate of drug-likeness (QED) is 0.733. The van der Waals surface area contributed by atoms with Gasteiger partial charge in [0, 0.05) is 30.7 Å². The van der Waals surface area contributed by atoms with E-state index in [1.807, 2.05) is 0 Å². The topological polar surface area (TPSA) is 92.5 Å². The number of sulfonamides is 1. The summed E-state index contributed by atoms with van der Waals surface area (Å²) in [6.07, 6.45) is 10.4. The van der Waals surface area contributed by atoms with Crippen LogP contribution in [-0.4, -0.2) is 37.8 Å². The highest BCUT2D eigenvalue weighted by Crippen LogP contribution is 2.26. The first-order chi connectivity index (χ1) is 13.5. The minimum absolute atomic E-state index is 0.0750. The van der Waals surface area contributed by atoms with Crippen molar-refractivity contribution in [1.29, 1.82) is 0 Å². The molecule has 1 aliphatic heterocycles. The first kappa shape index (κ1) is 21.1. The number of nitrogens with zero attached hydrogens (tertiary/aromatic N) is 1. The number of amides is 1. The summed E-state index contributed by atoms with van der Waals surface area (Å²) in [6, 6.07) is 6.16. The molecule has 6 nitrogen and oxygen atoms in total. The van der Waals surface area contributed by atoms with Crippen LogP contribution in [-0.2, 0) is 14.8 Å². The van der Waals surface area contributed by atoms with E-state index in [1.165, 1.54) is 19.3 Å². The Morgan fingerprint density at radius 2 is 1.57 bits per heavy atom. The molecule has 1 aromatic rings.